The van der Waals surface area contributed by atoms with Crippen molar-refractivity contribution in [3.8, 4) is 0 Å². The van der Waals surface area contributed by atoms with Crippen LogP contribution in [0.1, 0.15) is 33.6 Å². The van der Waals surface area contributed by atoms with Crippen molar-refractivity contribution in [2.24, 2.45) is 0 Å². The molecule has 0 saturated carbocycles. The summed E-state index contributed by atoms with van der Waals surface area (Å²) in [5.74, 6) is 1.10. The standard InChI is InChI=1S/C10H22O2S/c1-9(5-7-11)13-8-6-10(2,3)12-4/h9,11H,5-8H2,1-4H3. The van der Waals surface area contributed by atoms with Crippen LogP contribution in [-0.4, -0.2) is 35.4 Å². The third-order valence-corrected chi connectivity index (χ3v) is 3.44. The summed E-state index contributed by atoms with van der Waals surface area (Å²) < 4.78 is 5.32. The molecule has 0 aromatic rings. The summed E-state index contributed by atoms with van der Waals surface area (Å²) in [6.07, 6.45) is 1.95. The fourth-order valence-corrected chi connectivity index (χ4v) is 2.16. The fourth-order valence-electron chi connectivity index (χ4n) is 0.873. The van der Waals surface area contributed by atoms with Crippen LogP contribution < -0.4 is 0 Å². The van der Waals surface area contributed by atoms with Crippen molar-refractivity contribution in [2.45, 2.75) is 44.5 Å². The summed E-state index contributed by atoms with van der Waals surface area (Å²) in [6, 6.07) is 0. The first-order valence-corrected chi connectivity index (χ1v) is 5.84. The summed E-state index contributed by atoms with van der Waals surface area (Å²) in [5, 5.41) is 9.26. The predicted molar refractivity (Wildman–Crippen MR) is 59.3 cm³/mol. The Morgan fingerprint density at radius 1 is 1.46 bits per heavy atom. The number of hydrogen-bond donors (Lipinski definition) is 1. The number of aliphatic hydroxyl groups excluding tert-OH is 1. The Morgan fingerprint density at radius 2 is 2.08 bits per heavy atom. The molecule has 1 N–H and O–H groups in total. The Morgan fingerprint density at radius 3 is 2.54 bits per heavy atom. The van der Waals surface area contributed by atoms with Gasteiger partial charge in [-0.3, -0.25) is 0 Å². The molecule has 80 valence electrons. The predicted octanol–water partition coefficient (Wildman–Crippen LogP) is 2.31. The molecule has 0 aliphatic heterocycles. The maximum Gasteiger partial charge on any atom is 0.0630 e. The average Bonchev–Trinajstić information content (AvgIpc) is 2.05. The third-order valence-electron chi connectivity index (χ3n) is 2.19. The van der Waals surface area contributed by atoms with Crippen molar-refractivity contribution in [1.82, 2.24) is 0 Å². The molecule has 0 amide bonds. The van der Waals surface area contributed by atoms with E-state index in [4.69, 9.17) is 9.84 Å². The molecule has 0 rings (SSSR count). The van der Waals surface area contributed by atoms with Crippen molar-refractivity contribution in [1.29, 1.82) is 0 Å². The first-order chi connectivity index (χ1) is 6.02. The van der Waals surface area contributed by atoms with Gasteiger partial charge in [0.05, 0.1) is 5.60 Å². The van der Waals surface area contributed by atoms with Crippen LogP contribution in [0.3, 0.4) is 0 Å². The molecule has 1 atom stereocenters. The minimum absolute atomic E-state index is 0.00800. The highest BCUT2D eigenvalue weighted by Gasteiger charge is 2.16. The number of rotatable bonds is 7. The first kappa shape index (κ1) is 13.3. The van der Waals surface area contributed by atoms with E-state index >= 15 is 0 Å². The number of hydrogen-bond acceptors (Lipinski definition) is 3. The lowest BCUT2D eigenvalue weighted by Crippen LogP contribution is -2.23. The lowest BCUT2D eigenvalue weighted by atomic mass is 10.1. The zero-order chi connectivity index (χ0) is 10.3. The van der Waals surface area contributed by atoms with Gasteiger partial charge in [0.25, 0.3) is 0 Å². The van der Waals surface area contributed by atoms with E-state index in [2.05, 4.69) is 20.8 Å². The Balaban J connectivity index is 3.44. The second-order valence-electron chi connectivity index (χ2n) is 3.91. The monoisotopic (exact) mass is 206 g/mol. The quantitative estimate of drug-likeness (QED) is 0.693. The molecule has 3 heteroatoms. The second-order valence-corrected chi connectivity index (χ2v) is 5.45. The maximum atomic E-state index is 8.70. The van der Waals surface area contributed by atoms with E-state index in [1.54, 1.807) is 7.11 Å². The largest absolute Gasteiger partial charge is 0.396 e. The molecule has 0 aromatic carbocycles. The van der Waals surface area contributed by atoms with Gasteiger partial charge >= 0.3 is 0 Å². The van der Waals surface area contributed by atoms with Crippen molar-refractivity contribution < 1.29 is 9.84 Å². The van der Waals surface area contributed by atoms with E-state index in [1.165, 1.54) is 0 Å². The lowest BCUT2D eigenvalue weighted by molar-refractivity contribution is 0.0206. The molecule has 0 saturated heterocycles. The highest BCUT2D eigenvalue weighted by molar-refractivity contribution is 7.99. The molecule has 0 heterocycles. The molecule has 0 spiro atoms. The second kappa shape index (κ2) is 6.68. The molecule has 0 aliphatic carbocycles. The van der Waals surface area contributed by atoms with Gasteiger partial charge in [0.2, 0.25) is 0 Å². The molecule has 1 unspecified atom stereocenters. The number of thioether (sulfide) groups is 1. The van der Waals surface area contributed by atoms with Crippen molar-refractivity contribution >= 4 is 11.8 Å². The average molecular weight is 206 g/mol. The summed E-state index contributed by atoms with van der Waals surface area (Å²) >= 11 is 1.90. The molecular formula is C10H22O2S. The molecule has 0 bridgehead atoms. The van der Waals surface area contributed by atoms with Crippen LogP contribution in [0.4, 0.5) is 0 Å². The van der Waals surface area contributed by atoms with E-state index in [1.807, 2.05) is 11.8 Å². The summed E-state index contributed by atoms with van der Waals surface area (Å²) in [7, 11) is 1.75. The van der Waals surface area contributed by atoms with Gasteiger partial charge in [-0.2, -0.15) is 11.8 Å². The van der Waals surface area contributed by atoms with Crippen LogP contribution in [0.15, 0.2) is 0 Å². The lowest BCUT2D eigenvalue weighted by Gasteiger charge is -2.23. The van der Waals surface area contributed by atoms with E-state index < -0.39 is 0 Å². The maximum absolute atomic E-state index is 8.70. The summed E-state index contributed by atoms with van der Waals surface area (Å²) in [6.45, 7) is 6.65. The molecule has 0 fully saturated rings. The highest BCUT2D eigenvalue weighted by atomic mass is 32.2. The first-order valence-electron chi connectivity index (χ1n) is 4.79. The Bertz CT molecular complexity index is 126. The normalized spacial score (nSPS) is 14.5. The Labute approximate surface area is 86.1 Å². The fraction of sp³-hybridized carbons (Fsp3) is 1.00. The topological polar surface area (TPSA) is 29.5 Å². The van der Waals surface area contributed by atoms with Crippen LogP contribution in [-0.2, 0) is 4.74 Å². The molecule has 0 aliphatic rings. The zero-order valence-corrected chi connectivity index (χ0v) is 9.99. The molecule has 13 heavy (non-hydrogen) atoms. The van der Waals surface area contributed by atoms with Crippen LogP contribution in [0, 0.1) is 0 Å². The number of aliphatic hydroxyl groups is 1. The summed E-state index contributed by atoms with van der Waals surface area (Å²) in [4.78, 5) is 0. The number of methoxy groups -OCH3 is 1. The Kier molecular flexibility index (Phi) is 6.82. The smallest absolute Gasteiger partial charge is 0.0630 e. The van der Waals surface area contributed by atoms with Crippen molar-refractivity contribution in [3.05, 3.63) is 0 Å². The van der Waals surface area contributed by atoms with Crippen LogP contribution in [0.5, 0.6) is 0 Å². The van der Waals surface area contributed by atoms with E-state index in [0.717, 1.165) is 18.6 Å². The van der Waals surface area contributed by atoms with Gasteiger partial charge in [-0.1, -0.05) is 6.92 Å². The van der Waals surface area contributed by atoms with Gasteiger partial charge in [0.1, 0.15) is 0 Å². The van der Waals surface area contributed by atoms with E-state index in [-0.39, 0.29) is 5.60 Å². The molecule has 2 nitrogen and oxygen atoms in total. The molecule has 0 aromatic heterocycles. The van der Waals surface area contributed by atoms with Gasteiger partial charge in [0.15, 0.2) is 0 Å². The Hall–Kier alpha value is 0.270. The zero-order valence-electron chi connectivity index (χ0n) is 9.17. The van der Waals surface area contributed by atoms with Crippen molar-refractivity contribution in [2.75, 3.05) is 19.5 Å². The molecular weight excluding hydrogens is 184 g/mol. The van der Waals surface area contributed by atoms with Gasteiger partial charge < -0.3 is 9.84 Å². The van der Waals surface area contributed by atoms with E-state index in [9.17, 15) is 0 Å². The van der Waals surface area contributed by atoms with Gasteiger partial charge in [-0.05, 0) is 32.4 Å². The minimum Gasteiger partial charge on any atom is -0.396 e. The van der Waals surface area contributed by atoms with Gasteiger partial charge in [-0.25, -0.2) is 0 Å². The number of ether oxygens (including phenoxy) is 1. The third kappa shape index (κ3) is 7.35. The van der Waals surface area contributed by atoms with Crippen LogP contribution in [0.25, 0.3) is 0 Å². The van der Waals surface area contributed by atoms with Crippen LogP contribution in [0.2, 0.25) is 0 Å². The SMILES string of the molecule is COC(C)(C)CCSC(C)CCO. The molecule has 0 radical (unpaired) electrons. The van der Waals surface area contributed by atoms with Gasteiger partial charge in [-0.15, -0.1) is 0 Å². The van der Waals surface area contributed by atoms with Crippen molar-refractivity contribution in [3.63, 3.8) is 0 Å². The van der Waals surface area contributed by atoms with Gasteiger partial charge in [0, 0.05) is 19.0 Å². The summed E-state index contributed by atoms with van der Waals surface area (Å²) in [5.41, 5.74) is -0.00800. The van der Waals surface area contributed by atoms with E-state index in [0.29, 0.717) is 11.9 Å². The highest BCUT2D eigenvalue weighted by Crippen LogP contribution is 2.20. The van der Waals surface area contributed by atoms with Crippen LogP contribution >= 0.6 is 11.8 Å². The minimum atomic E-state index is -0.00800.